The Morgan fingerprint density at radius 1 is 0.978 bits per heavy atom. The van der Waals surface area contributed by atoms with Crippen LogP contribution >= 0.6 is 27.3 Å². The number of para-hydroxylation sites is 1. The Morgan fingerprint density at radius 2 is 1.72 bits per heavy atom. The first-order valence-electron chi connectivity index (χ1n) is 14.9. The number of halogens is 1. The Kier molecular flexibility index (Phi) is 9.33. The number of nitrogens with zero attached hydrogens (tertiary/aromatic N) is 2. The lowest BCUT2D eigenvalue weighted by Gasteiger charge is -2.25. The van der Waals surface area contributed by atoms with Crippen LogP contribution in [0.2, 0.25) is 0 Å². The van der Waals surface area contributed by atoms with E-state index in [1.165, 1.54) is 16.9 Å². The highest BCUT2D eigenvalue weighted by Crippen LogP contribution is 2.32. The van der Waals surface area contributed by atoms with Crippen LogP contribution in [0.1, 0.15) is 42.1 Å². The molecule has 1 N–H and O–H groups in total. The van der Waals surface area contributed by atoms with Crippen LogP contribution in [0.15, 0.2) is 123 Å². The van der Waals surface area contributed by atoms with Gasteiger partial charge in [0.15, 0.2) is 4.80 Å². The van der Waals surface area contributed by atoms with E-state index in [1.54, 1.807) is 4.57 Å². The molecule has 232 valence electrons. The van der Waals surface area contributed by atoms with E-state index in [0.29, 0.717) is 51.0 Å². The van der Waals surface area contributed by atoms with Crippen molar-refractivity contribution in [2.24, 2.45) is 4.99 Å². The van der Waals surface area contributed by atoms with Crippen LogP contribution in [0.5, 0.6) is 11.5 Å². The summed E-state index contributed by atoms with van der Waals surface area (Å²) in [7, 11) is 0. The molecule has 6 rings (SSSR count). The van der Waals surface area contributed by atoms with Crippen LogP contribution in [0, 0.1) is 6.92 Å². The minimum absolute atomic E-state index is 0.246. The molecular weight excluding hydrogens is 662 g/mol. The van der Waals surface area contributed by atoms with Crippen molar-refractivity contribution < 1.29 is 14.3 Å². The number of thiazole rings is 1. The highest BCUT2D eigenvalue weighted by molar-refractivity contribution is 9.10. The molecule has 9 heteroatoms. The van der Waals surface area contributed by atoms with Crippen molar-refractivity contribution in [1.29, 1.82) is 0 Å². The summed E-state index contributed by atoms with van der Waals surface area (Å²) in [5, 5.41) is 2.99. The Labute approximate surface area is 279 Å². The number of anilines is 1. The molecule has 5 aromatic rings. The minimum atomic E-state index is -0.697. The third kappa shape index (κ3) is 6.76. The third-order valence-corrected chi connectivity index (χ3v) is 9.05. The van der Waals surface area contributed by atoms with Gasteiger partial charge in [-0.15, -0.1) is 0 Å². The molecule has 1 atom stereocenters. The summed E-state index contributed by atoms with van der Waals surface area (Å²) < 4.78 is 14.8. The van der Waals surface area contributed by atoms with Crippen molar-refractivity contribution in [1.82, 2.24) is 4.57 Å². The van der Waals surface area contributed by atoms with Gasteiger partial charge in [-0.2, -0.15) is 0 Å². The molecule has 0 aliphatic carbocycles. The molecule has 2 heterocycles. The molecule has 1 amide bonds. The van der Waals surface area contributed by atoms with Gasteiger partial charge < -0.3 is 14.8 Å². The quantitative estimate of drug-likeness (QED) is 0.182. The van der Waals surface area contributed by atoms with Gasteiger partial charge in [0, 0.05) is 15.7 Å². The number of amides is 1. The number of carbonyl (C=O) groups is 1. The summed E-state index contributed by atoms with van der Waals surface area (Å²) in [5.74, 6) is 1.04. The number of allylic oxidation sites excluding steroid dienone is 1. The van der Waals surface area contributed by atoms with Crippen LogP contribution in [0.4, 0.5) is 5.69 Å². The summed E-state index contributed by atoms with van der Waals surface area (Å²) in [4.78, 5) is 33.4. The summed E-state index contributed by atoms with van der Waals surface area (Å²) in [6, 6.07) is 30.0. The molecule has 0 saturated heterocycles. The Bertz CT molecular complexity index is 2100. The fourth-order valence-corrected chi connectivity index (χ4v) is 6.73. The molecule has 1 aromatic heterocycles. The summed E-state index contributed by atoms with van der Waals surface area (Å²) in [6.07, 6.45) is 1.83. The van der Waals surface area contributed by atoms with E-state index in [0.717, 1.165) is 21.2 Å². The van der Waals surface area contributed by atoms with Crippen molar-refractivity contribution in [2.75, 3.05) is 11.9 Å². The highest BCUT2D eigenvalue weighted by Gasteiger charge is 2.32. The van der Waals surface area contributed by atoms with E-state index in [-0.39, 0.29) is 11.5 Å². The summed E-state index contributed by atoms with van der Waals surface area (Å²) in [6.45, 7) is 6.71. The van der Waals surface area contributed by atoms with Gasteiger partial charge in [-0.05, 0) is 80.4 Å². The lowest BCUT2D eigenvalue weighted by molar-refractivity contribution is -0.113. The largest absolute Gasteiger partial charge is 0.494 e. The Hall–Kier alpha value is -4.73. The number of nitrogens with one attached hydrogen (secondary N) is 1. The second-order valence-electron chi connectivity index (χ2n) is 10.9. The van der Waals surface area contributed by atoms with Gasteiger partial charge in [0.25, 0.3) is 11.5 Å². The van der Waals surface area contributed by atoms with Crippen molar-refractivity contribution in [3.8, 4) is 11.5 Å². The zero-order chi connectivity index (χ0) is 32.2. The molecule has 1 aliphatic rings. The van der Waals surface area contributed by atoms with Gasteiger partial charge in [0.2, 0.25) is 0 Å². The average molecular weight is 695 g/mol. The fraction of sp³-hybridized carbons (Fsp3) is 0.162. The maximum Gasteiger partial charge on any atom is 0.271 e. The van der Waals surface area contributed by atoms with E-state index >= 15 is 0 Å². The molecule has 0 unspecified atom stereocenters. The van der Waals surface area contributed by atoms with Crippen molar-refractivity contribution in [3.05, 3.63) is 155 Å². The van der Waals surface area contributed by atoms with Crippen LogP contribution in [0.25, 0.3) is 6.08 Å². The zero-order valence-corrected chi connectivity index (χ0v) is 28.0. The van der Waals surface area contributed by atoms with E-state index in [1.807, 2.05) is 112 Å². The number of aryl methyl sites for hydroxylation is 1. The molecule has 7 nitrogen and oxygen atoms in total. The normalized spacial score (nSPS) is 14.4. The Morgan fingerprint density at radius 3 is 2.43 bits per heavy atom. The maximum absolute atomic E-state index is 14.3. The van der Waals surface area contributed by atoms with E-state index in [4.69, 9.17) is 14.5 Å². The topological polar surface area (TPSA) is 81.9 Å². The van der Waals surface area contributed by atoms with Crippen LogP contribution < -0.4 is 29.7 Å². The molecule has 1 aliphatic heterocycles. The van der Waals surface area contributed by atoms with Crippen molar-refractivity contribution >= 4 is 44.9 Å². The number of ether oxygens (including phenoxy) is 2. The van der Waals surface area contributed by atoms with Crippen molar-refractivity contribution in [2.45, 2.75) is 33.4 Å². The number of rotatable bonds is 9. The van der Waals surface area contributed by atoms with Crippen LogP contribution in [-0.2, 0) is 11.4 Å². The number of hydrogen-bond acceptors (Lipinski definition) is 6. The molecule has 46 heavy (non-hydrogen) atoms. The van der Waals surface area contributed by atoms with E-state index < -0.39 is 6.04 Å². The predicted molar refractivity (Wildman–Crippen MR) is 186 cm³/mol. The van der Waals surface area contributed by atoms with Gasteiger partial charge in [0.1, 0.15) is 18.1 Å². The SMILES string of the molecule is CCOc1ccc([C@H]2C(C(=O)Nc3ccccc3)=C(C)N=c3s/c(=C\c4cc(Br)ccc4OCc4ccc(C)cc4)c(=O)n32)cc1. The van der Waals surface area contributed by atoms with E-state index in [9.17, 15) is 9.59 Å². The molecule has 0 saturated carbocycles. The van der Waals surface area contributed by atoms with Gasteiger partial charge >= 0.3 is 0 Å². The molecule has 0 radical (unpaired) electrons. The van der Waals surface area contributed by atoms with Gasteiger partial charge in [0.05, 0.1) is 28.5 Å². The monoisotopic (exact) mass is 693 g/mol. The van der Waals surface area contributed by atoms with E-state index in [2.05, 4.69) is 33.4 Å². The smallest absolute Gasteiger partial charge is 0.271 e. The minimum Gasteiger partial charge on any atom is -0.494 e. The summed E-state index contributed by atoms with van der Waals surface area (Å²) in [5.41, 5.74) is 5.11. The maximum atomic E-state index is 14.3. The third-order valence-electron chi connectivity index (χ3n) is 7.58. The zero-order valence-electron chi connectivity index (χ0n) is 25.6. The van der Waals surface area contributed by atoms with Gasteiger partial charge in [-0.1, -0.05) is 87.4 Å². The highest BCUT2D eigenvalue weighted by atomic mass is 79.9. The number of aromatic nitrogens is 1. The first kappa shape index (κ1) is 31.3. The molecular formula is C37H32BrN3O4S. The first-order valence-corrected chi connectivity index (χ1v) is 16.5. The number of fused-ring (bicyclic) bond motifs is 1. The number of carbonyl (C=O) groups excluding carboxylic acids is 1. The predicted octanol–water partition coefficient (Wildman–Crippen LogP) is 6.92. The Balaban J connectivity index is 1.43. The second kappa shape index (κ2) is 13.7. The van der Waals surface area contributed by atoms with Crippen LogP contribution in [-0.4, -0.2) is 17.1 Å². The molecule has 0 fully saturated rings. The standard InChI is InChI=1S/C37H32BrN3O4S/c1-4-44-30-17-14-26(15-18-30)34-33(35(42)40-29-8-6-5-7-9-29)24(3)39-37-41(34)36(43)32(46-37)21-27-20-28(38)16-19-31(27)45-22-25-12-10-23(2)11-13-25/h5-21,34H,4,22H2,1-3H3,(H,40,42)/b32-21-/t34-/m0/s1. The fourth-order valence-electron chi connectivity index (χ4n) is 5.31. The van der Waals surface area contributed by atoms with Gasteiger partial charge in [-0.25, -0.2) is 4.99 Å². The summed E-state index contributed by atoms with van der Waals surface area (Å²) >= 11 is 4.86. The molecule has 0 spiro atoms. The lowest BCUT2D eigenvalue weighted by atomic mass is 9.95. The average Bonchev–Trinajstić information content (AvgIpc) is 3.35. The lowest BCUT2D eigenvalue weighted by Crippen LogP contribution is -2.40. The first-order chi connectivity index (χ1) is 22.3. The van der Waals surface area contributed by atoms with Crippen molar-refractivity contribution in [3.63, 3.8) is 0 Å². The number of hydrogen-bond donors (Lipinski definition) is 1. The van der Waals surface area contributed by atoms with Crippen LogP contribution in [0.3, 0.4) is 0 Å². The van der Waals surface area contributed by atoms with Gasteiger partial charge in [-0.3, -0.25) is 14.2 Å². The second-order valence-corrected chi connectivity index (χ2v) is 12.8. The number of benzene rings is 4. The molecule has 0 bridgehead atoms. The molecule has 4 aromatic carbocycles.